The Labute approximate surface area is 418 Å². The number of nitrogens with zero attached hydrogens (tertiary/aromatic N) is 6. The minimum absolute atomic E-state index is 0.624. The van der Waals surface area contributed by atoms with E-state index in [-0.39, 0.29) is 0 Å². The van der Waals surface area contributed by atoms with Crippen molar-refractivity contribution in [2.24, 2.45) is 0 Å². The first-order chi connectivity index (χ1) is 36.2. The topological polar surface area (TPSA) is 73.6 Å². The summed E-state index contributed by atoms with van der Waals surface area (Å²) in [6, 6.07) is 80.1. The summed E-state index contributed by atoms with van der Waals surface area (Å²) in [6.07, 6.45) is 3.89. The van der Waals surface area contributed by atoms with Gasteiger partial charge in [-0.2, -0.15) is 5.26 Å². The monoisotopic (exact) mass is 930 g/mol. The normalized spacial score (nSPS) is 14.5. The Morgan fingerprint density at radius 1 is 0.370 bits per heavy atom. The minimum Gasteiger partial charge on any atom is -0.457 e. The van der Waals surface area contributed by atoms with E-state index in [1.807, 2.05) is 30.6 Å². The molecular formula is C66H38N6O. The maximum atomic E-state index is 10.1. The van der Waals surface area contributed by atoms with Gasteiger partial charge in [-0.25, -0.2) is 0 Å². The van der Waals surface area contributed by atoms with E-state index in [2.05, 4.69) is 220 Å². The first-order valence-electron chi connectivity index (χ1n) is 24.6. The van der Waals surface area contributed by atoms with Crippen molar-refractivity contribution in [3.63, 3.8) is 0 Å². The van der Waals surface area contributed by atoms with Gasteiger partial charge in [-0.3, -0.25) is 9.97 Å². The SMILES string of the molecule is N#Cc1ccc2c(c1)c1cc(-c3ccc4c(c3)C3(c5ccc(-n6c7ccccc7c7ccccc76)cc5O4)c4cccnc4-c4ncc(-n5c6ccccc6c6ccccc65)cc43)ccc1n2-c1ccccc1. The van der Waals surface area contributed by atoms with Crippen LogP contribution in [0.3, 0.4) is 0 Å². The van der Waals surface area contributed by atoms with Crippen LogP contribution in [0.4, 0.5) is 0 Å². The van der Waals surface area contributed by atoms with Gasteiger partial charge in [-0.1, -0.05) is 115 Å². The maximum absolute atomic E-state index is 10.1. The van der Waals surface area contributed by atoms with E-state index in [0.29, 0.717) is 5.56 Å². The van der Waals surface area contributed by atoms with Crippen LogP contribution in [0.5, 0.6) is 11.5 Å². The summed E-state index contributed by atoms with van der Waals surface area (Å²) >= 11 is 0. The summed E-state index contributed by atoms with van der Waals surface area (Å²) in [5.74, 6) is 1.54. The standard InChI is InChI=1S/C66H38N6O/c67-38-40-24-29-60-50(33-40)51-34-41(25-30-61(51)70(60)43-13-2-1-3-14-43)42-26-31-62-54(35-42)66(52-28-27-44(37-63(52)73-62)71-56-20-8-4-15-46(56)47-16-5-9-21-57(47)71)53-19-12-32-68-64(53)65-55(66)36-45(39-69-65)72-58-22-10-6-17-48(58)49-18-7-11-23-59(49)72/h1-37,39H. The van der Waals surface area contributed by atoms with Crippen molar-refractivity contribution >= 4 is 65.4 Å². The Kier molecular flexibility index (Phi) is 8.04. The number of nitriles is 1. The van der Waals surface area contributed by atoms with Crippen molar-refractivity contribution in [3.05, 3.63) is 259 Å². The quantitative estimate of drug-likeness (QED) is 0.176. The Bertz CT molecular complexity index is 4640. The molecule has 1 atom stereocenters. The molecule has 6 heterocycles. The fraction of sp³-hybridized carbons (Fsp3) is 0.0152. The highest BCUT2D eigenvalue weighted by atomic mass is 16.5. The minimum atomic E-state index is -0.895. The summed E-state index contributed by atoms with van der Waals surface area (Å²) in [6.45, 7) is 0. The number of fused-ring (bicyclic) bond motifs is 18. The van der Waals surface area contributed by atoms with Gasteiger partial charge in [0.05, 0.1) is 73.4 Å². The number of para-hydroxylation sites is 5. The van der Waals surface area contributed by atoms with E-state index in [0.717, 1.165) is 117 Å². The van der Waals surface area contributed by atoms with Crippen molar-refractivity contribution in [1.82, 2.24) is 23.7 Å². The molecule has 9 aromatic carbocycles. The Balaban J connectivity index is 0.970. The maximum Gasteiger partial charge on any atom is 0.134 e. The van der Waals surface area contributed by atoms with Crippen LogP contribution in [0, 0.1) is 11.3 Å². The molecule has 73 heavy (non-hydrogen) atoms. The molecule has 338 valence electrons. The van der Waals surface area contributed by atoms with Gasteiger partial charge in [0, 0.05) is 72.6 Å². The van der Waals surface area contributed by atoms with Crippen molar-refractivity contribution in [1.29, 1.82) is 5.26 Å². The van der Waals surface area contributed by atoms with Crippen molar-refractivity contribution in [2.45, 2.75) is 5.41 Å². The van der Waals surface area contributed by atoms with E-state index >= 15 is 0 Å². The van der Waals surface area contributed by atoms with Crippen molar-refractivity contribution < 1.29 is 4.74 Å². The molecule has 0 fully saturated rings. The Hall–Kier alpha value is -10.0. The van der Waals surface area contributed by atoms with Crippen LogP contribution in [0.2, 0.25) is 0 Å². The number of aromatic nitrogens is 5. The van der Waals surface area contributed by atoms with Gasteiger partial charge < -0.3 is 18.4 Å². The molecule has 1 aliphatic heterocycles. The Morgan fingerprint density at radius 3 is 1.62 bits per heavy atom. The smallest absolute Gasteiger partial charge is 0.134 e. The summed E-state index contributed by atoms with van der Waals surface area (Å²) in [5.41, 5.74) is 17.3. The fourth-order valence-electron chi connectivity index (χ4n) is 12.6. The van der Waals surface area contributed by atoms with Crippen LogP contribution in [0.1, 0.15) is 27.8 Å². The lowest BCUT2D eigenvalue weighted by molar-refractivity contribution is 0.436. The number of ether oxygens (including phenoxy) is 1. The van der Waals surface area contributed by atoms with Gasteiger partial charge in [0.2, 0.25) is 0 Å². The summed E-state index contributed by atoms with van der Waals surface area (Å²) in [4.78, 5) is 10.6. The number of benzene rings is 9. The predicted octanol–water partition coefficient (Wildman–Crippen LogP) is 15.8. The second kappa shape index (κ2) is 14.8. The molecule has 0 saturated heterocycles. The average molecular weight is 931 g/mol. The molecule has 0 saturated carbocycles. The zero-order valence-electron chi connectivity index (χ0n) is 39.0. The lowest BCUT2D eigenvalue weighted by Crippen LogP contribution is -2.32. The van der Waals surface area contributed by atoms with Crippen LogP contribution >= 0.6 is 0 Å². The predicted molar refractivity (Wildman–Crippen MR) is 293 cm³/mol. The molecule has 0 amide bonds. The molecule has 14 aromatic rings. The second-order valence-corrected chi connectivity index (χ2v) is 19.2. The average Bonchev–Trinajstić information content (AvgIpc) is 4.17. The third-order valence-electron chi connectivity index (χ3n) is 15.6. The molecule has 7 nitrogen and oxygen atoms in total. The van der Waals surface area contributed by atoms with E-state index in [1.165, 1.54) is 21.5 Å². The van der Waals surface area contributed by atoms with Gasteiger partial charge in [0.15, 0.2) is 0 Å². The summed E-state index contributed by atoms with van der Waals surface area (Å²) in [5, 5.41) is 17.0. The molecule has 1 unspecified atom stereocenters. The van der Waals surface area contributed by atoms with Crippen LogP contribution in [0.25, 0.3) is 105 Å². The molecule has 5 aromatic heterocycles. The van der Waals surface area contributed by atoms with Gasteiger partial charge in [-0.15, -0.1) is 0 Å². The van der Waals surface area contributed by atoms with E-state index < -0.39 is 5.41 Å². The largest absolute Gasteiger partial charge is 0.457 e. The molecule has 0 N–H and O–H groups in total. The molecule has 0 bridgehead atoms. The van der Waals surface area contributed by atoms with Gasteiger partial charge in [0.25, 0.3) is 0 Å². The number of hydrogen-bond donors (Lipinski definition) is 0. The van der Waals surface area contributed by atoms with Crippen molar-refractivity contribution in [3.8, 4) is 57.1 Å². The van der Waals surface area contributed by atoms with E-state index in [1.54, 1.807) is 0 Å². The van der Waals surface area contributed by atoms with Crippen molar-refractivity contribution in [2.75, 3.05) is 0 Å². The summed E-state index contributed by atoms with van der Waals surface area (Å²) in [7, 11) is 0. The highest BCUT2D eigenvalue weighted by Crippen LogP contribution is 2.62. The van der Waals surface area contributed by atoms with Crippen LogP contribution in [0.15, 0.2) is 231 Å². The zero-order valence-corrected chi connectivity index (χ0v) is 39.0. The van der Waals surface area contributed by atoms with Crippen LogP contribution < -0.4 is 4.74 Å². The molecule has 2 aliphatic rings. The fourth-order valence-corrected chi connectivity index (χ4v) is 12.6. The molecule has 7 heteroatoms. The van der Waals surface area contributed by atoms with E-state index in [4.69, 9.17) is 14.7 Å². The molecule has 1 spiro atoms. The summed E-state index contributed by atoms with van der Waals surface area (Å²) < 4.78 is 14.3. The number of pyridine rings is 2. The van der Waals surface area contributed by atoms with Gasteiger partial charge in [0.1, 0.15) is 11.5 Å². The lowest BCUT2D eigenvalue weighted by Gasteiger charge is -2.39. The molecular weight excluding hydrogens is 893 g/mol. The first kappa shape index (κ1) is 39.8. The highest BCUT2D eigenvalue weighted by molar-refractivity contribution is 6.12. The third kappa shape index (κ3) is 5.36. The zero-order chi connectivity index (χ0) is 47.9. The van der Waals surface area contributed by atoms with E-state index in [9.17, 15) is 5.26 Å². The molecule has 0 radical (unpaired) electrons. The lowest BCUT2D eigenvalue weighted by atomic mass is 9.66. The van der Waals surface area contributed by atoms with Crippen LogP contribution in [-0.4, -0.2) is 23.7 Å². The molecule has 16 rings (SSSR count). The van der Waals surface area contributed by atoms with Crippen LogP contribution in [-0.2, 0) is 5.41 Å². The number of hydrogen-bond acceptors (Lipinski definition) is 4. The van der Waals surface area contributed by atoms with Gasteiger partial charge >= 0.3 is 0 Å². The highest BCUT2D eigenvalue weighted by Gasteiger charge is 2.53. The first-order valence-corrected chi connectivity index (χ1v) is 24.6. The number of rotatable bonds is 4. The van der Waals surface area contributed by atoms with Gasteiger partial charge in [-0.05, 0) is 114 Å². The third-order valence-corrected chi connectivity index (χ3v) is 15.6. The Morgan fingerprint density at radius 2 is 0.932 bits per heavy atom. The second-order valence-electron chi connectivity index (χ2n) is 19.2. The molecule has 1 aliphatic carbocycles.